The Labute approximate surface area is 85.0 Å². The van der Waals surface area contributed by atoms with Gasteiger partial charge >= 0.3 is 0 Å². The van der Waals surface area contributed by atoms with Gasteiger partial charge in [0.1, 0.15) is 10.7 Å². The van der Waals surface area contributed by atoms with E-state index in [4.69, 9.17) is 17.3 Å². The largest absolute Gasteiger partial charge is 0.389 e. The lowest BCUT2D eigenvalue weighted by Gasteiger charge is -2.00. The van der Waals surface area contributed by atoms with Crippen molar-refractivity contribution in [3.05, 3.63) is 34.8 Å². The van der Waals surface area contributed by atoms with E-state index in [1.54, 1.807) is 5.51 Å². The average molecular weight is 211 g/mol. The highest BCUT2D eigenvalue weighted by Crippen LogP contribution is 2.32. The molecule has 0 amide bonds. The predicted octanol–water partition coefficient (Wildman–Crippen LogP) is 3.05. The molecular weight excluding hydrogens is 204 g/mol. The summed E-state index contributed by atoms with van der Waals surface area (Å²) in [6.45, 7) is 0. The van der Waals surface area contributed by atoms with Crippen LogP contribution in [0.4, 0.5) is 5.00 Å². The predicted molar refractivity (Wildman–Crippen MR) is 57.0 cm³/mol. The normalized spacial score (nSPS) is 10.2. The summed E-state index contributed by atoms with van der Waals surface area (Å²) in [6.07, 6.45) is 0. The molecule has 0 aliphatic heterocycles. The summed E-state index contributed by atoms with van der Waals surface area (Å²) in [5, 5.41) is 1.38. The summed E-state index contributed by atoms with van der Waals surface area (Å²) in [5.74, 6) is 0. The first kappa shape index (κ1) is 8.53. The van der Waals surface area contributed by atoms with Crippen LogP contribution in [0.3, 0.4) is 0 Å². The van der Waals surface area contributed by atoms with E-state index >= 15 is 0 Å². The van der Waals surface area contributed by atoms with Gasteiger partial charge in [-0.25, -0.2) is 4.98 Å². The van der Waals surface area contributed by atoms with Gasteiger partial charge in [-0.1, -0.05) is 29.8 Å². The maximum Gasteiger partial charge on any atom is 0.114 e. The molecular formula is C9H7ClN2S. The van der Waals surface area contributed by atoms with Crippen molar-refractivity contribution in [3.63, 3.8) is 0 Å². The number of aromatic nitrogens is 1. The van der Waals surface area contributed by atoms with Gasteiger partial charge in [-0.15, -0.1) is 11.3 Å². The van der Waals surface area contributed by atoms with Gasteiger partial charge in [-0.05, 0) is 6.07 Å². The highest BCUT2D eigenvalue weighted by Gasteiger charge is 2.08. The van der Waals surface area contributed by atoms with Crippen LogP contribution in [0.2, 0.25) is 5.02 Å². The number of nitrogens with two attached hydrogens (primary N) is 1. The van der Waals surface area contributed by atoms with E-state index in [2.05, 4.69) is 4.98 Å². The summed E-state index contributed by atoms with van der Waals surface area (Å²) >= 11 is 7.41. The number of hydrogen-bond donors (Lipinski definition) is 1. The van der Waals surface area contributed by atoms with Crippen LogP contribution in [0.25, 0.3) is 11.3 Å². The zero-order valence-electron chi connectivity index (χ0n) is 6.70. The third-order valence-electron chi connectivity index (χ3n) is 1.72. The molecule has 1 aromatic carbocycles. The molecule has 0 spiro atoms. The second kappa shape index (κ2) is 3.36. The lowest BCUT2D eigenvalue weighted by atomic mass is 10.2. The maximum absolute atomic E-state index is 6.00. The minimum atomic E-state index is 0.681. The van der Waals surface area contributed by atoms with Crippen LogP contribution in [0.1, 0.15) is 0 Å². The Bertz CT molecular complexity index is 425. The molecule has 0 saturated carbocycles. The zero-order valence-corrected chi connectivity index (χ0v) is 8.27. The van der Waals surface area contributed by atoms with Gasteiger partial charge in [0.25, 0.3) is 0 Å². The van der Waals surface area contributed by atoms with E-state index in [0.717, 1.165) is 11.3 Å². The number of nitrogen functional groups attached to an aromatic ring is 1. The minimum Gasteiger partial charge on any atom is -0.389 e. The van der Waals surface area contributed by atoms with Crippen molar-refractivity contribution in [1.29, 1.82) is 0 Å². The Morgan fingerprint density at radius 3 is 2.69 bits per heavy atom. The van der Waals surface area contributed by atoms with E-state index in [1.165, 1.54) is 11.3 Å². The molecule has 4 heteroatoms. The van der Waals surface area contributed by atoms with Crippen molar-refractivity contribution in [3.8, 4) is 11.3 Å². The first-order valence-electron chi connectivity index (χ1n) is 3.73. The molecule has 0 unspecified atom stereocenters. The lowest BCUT2D eigenvalue weighted by molar-refractivity contribution is 1.41. The third-order valence-corrected chi connectivity index (χ3v) is 2.71. The number of anilines is 1. The van der Waals surface area contributed by atoms with Gasteiger partial charge in [-0.2, -0.15) is 0 Å². The Morgan fingerprint density at radius 1 is 1.31 bits per heavy atom. The number of hydrogen-bond acceptors (Lipinski definition) is 3. The number of rotatable bonds is 1. The number of thiazole rings is 1. The Hall–Kier alpha value is -1.06. The summed E-state index contributed by atoms with van der Waals surface area (Å²) in [7, 11) is 0. The number of benzene rings is 1. The SMILES string of the molecule is Nc1scnc1-c1ccccc1Cl. The fourth-order valence-corrected chi connectivity index (χ4v) is 1.88. The van der Waals surface area contributed by atoms with Gasteiger partial charge in [-0.3, -0.25) is 0 Å². The molecule has 2 N–H and O–H groups in total. The third kappa shape index (κ3) is 1.53. The molecule has 0 aliphatic rings. The van der Waals surface area contributed by atoms with E-state index in [9.17, 15) is 0 Å². The topological polar surface area (TPSA) is 38.9 Å². The van der Waals surface area contributed by atoms with Gasteiger partial charge in [0.15, 0.2) is 0 Å². The number of halogens is 1. The molecule has 1 aromatic heterocycles. The average Bonchev–Trinajstić information content (AvgIpc) is 2.52. The molecule has 2 rings (SSSR count). The van der Waals surface area contributed by atoms with Crippen LogP contribution >= 0.6 is 22.9 Å². The van der Waals surface area contributed by atoms with E-state index in [0.29, 0.717) is 10.0 Å². The maximum atomic E-state index is 6.00. The van der Waals surface area contributed by atoms with Crippen molar-refractivity contribution < 1.29 is 0 Å². The van der Waals surface area contributed by atoms with E-state index in [1.807, 2.05) is 24.3 Å². The van der Waals surface area contributed by atoms with Crippen LogP contribution in [-0.2, 0) is 0 Å². The highest BCUT2D eigenvalue weighted by molar-refractivity contribution is 7.14. The minimum absolute atomic E-state index is 0.681. The molecule has 0 fully saturated rings. The van der Waals surface area contributed by atoms with Gasteiger partial charge < -0.3 is 5.73 Å². The lowest BCUT2D eigenvalue weighted by Crippen LogP contribution is -1.85. The summed E-state index contributed by atoms with van der Waals surface area (Å²) < 4.78 is 0. The van der Waals surface area contributed by atoms with Crippen LogP contribution in [-0.4, -0.2) is 4.98 Å². The van der Waals surface area contributed by atoms with Crippen LogP contribution in [0.5, 0.6) is 0 Å². The molecule has 1 heterocycles. The van der Waals surface area contributed by atoms with E-state index in [-0.39, 0.29) is 0 Å². The number of nitrogens with zero attached hydrogens (tertiary/aromatic N) is 1. The smallest absolute Gasteiger partial charge is 0.114 e. The second-order valence-corrected chi connectivity index (χ2v) is 3.84. The molecule has 2 nitrogen and oxygen atoms in total. The van der Waals surface area contributed by atoms with Crippen LogP contribution < -0.4 is 5.73 Å². The van der Waals surface area contributed by atoms with Crippen molar-refractivity contribution in [2.45, 2.75) is 0 Å². The van der Waals surface area contributed by atoms with Gasteiger partial charge in [0.05, 0.1) is 10.5 Å². The molecule has 2 aromatic rings. The Balaban J connectivity index is 2.59. The fourth-order valence-electron chi connectivity index (χ4n) is 1.11. The van der Waals surface area contributed by atoms with Crippen LogP contribution in [0, 0.1) is 0 Å². The monoisotopic (exact) mass is 210 g/mol. The molecule has 66 valence electrons. The highest BCUT2D eigenvalue weighted by atomic mass is 35.5. The molecule has 0 radical (unpaired) electrons. The standard InChI is InChI=1S/C9H7ClN2S/c10-7-4-2-1-3-6(7)8-9(11)13-5-12-8/h1-5H,11H2. The quantitative estimate of drug-likeness (QED) is 0.786. The Kier molecular flexibility index (Phi) is 2.20. The second-order valence-electron chi connectivity index (χ2n) is 2.55. The first-order valence-corrected chi connectivity index (χ1v) is 4.98. The van der Waals surface area contributed by atoms with Crippen molar-refractivity contribution in [1.82, 2.24) is 4.98 Å². The van der Waals surface area contributed by atoms with Crippen molar-refractivity contribution >= 4 is 27.9 Å². The summed E-state index contributed by atoms with van der Waals surface area (Å²) in [6, 6.07) is 7.54. The van der Waals surface area contributed by atoms with Gasteiger partial charge in [0, 0.05) is 5.56 Å². The van der Waals surface area contributed by atoms with E-state index < -0.39 is 0 Å². The van der Waals surface area contributed by atoms with Crippen molar-refractivity contribution in [2.24, 2.45) is 0 Å². The fraction of sp³-hybridized carbons (Fsp3) is 0. The summed E-state index contributed by atoms with van der Waals surface area (Å²) in [4.78, 5) is 4.16. The molecule has 13 heavy (non-hydrogen) atoms. The van der Waals surface area contributed by atoms with Crippen LogP contribution in [0.15, 0.2) is 29.8 Å². The molecule has 0 bridgehead atoms. The first-order chi connectivity index (χ1) is 6.29. The Morgan fingerprint density at radius 2 is 2.08 bits per heavy atom. The molecule has 0 atom stereocenters. The molecule has 0 aliphatic carbocycles. The molecule has 0 saturated heterocycles. The zero-order chi connectivity index (χ0) is 9.26. The van der Waals surface area contributed by atoms with Crippen molar-refractivity contribution in [2.75, 3.05) is 5.73 Å². The van der Waals surface area contributed by atoms with Gasteiger partial charge in [0.2, 0.25) is 0 Å². The summed E-state index contributed by atoms with van der Waals surface area (Å²) in [5.41, 5.74) is 9.12.